The molecule has 1 N–H and O–H groups in total. The average molecular weight is 201 g/mol. The van der Waals surface area contributed by atoms with Crippen molar-refractivity contribution in [2.45, 2.75) is 40.5 Å². The number of hydrogen-bond acceptors (Lipinski definition) is 2. The second-order valence-corrected chi connectivity index (χ2v) is 4.41. The van der Waals surface area contributed by atoms with E-state index in [9.17, 15) is 4.79 Å². The highest BCUT2D eigenvalue weighted by molar-refractivity contribution is 5.73. The second kappa shape index (κ2) is 6.02. The Morgan fingerprint density at radius 2 is 1.93 bits per heavy atom. The highest BCUT2D eigenvalue weighted by Gasteiger charge is 2.28. The third kappa shape index (κ3) is 4.61. The number of aliphatic carboxylic acids is 1. The Hall–Kier alpha value is -0.570. The minimum absolute atomic E-state index is 0.635. The quantitative estimate of drug-likeness (QED) is 0.686. The van der Waals surface area contributed by atoms with Crippen LogP contribution in [0.3, 0.4) is 0 Å². The van der Waals surface area contributed by atoms with E-state index >= 15 is 0 Å². The predicted molar refractivity (Wildman–Crippen MR) is 58.4 cm³/mol. The second-order valence-electron chi connectivity index (χ2n) is 4.41. The van der Waals surface area contributed by atoms with Crippen LogP contribution in [0.1, 0.15) is 40.5 Å². The molecular weight excluding hydrogens is 178 g/mol. The Morgan fingerprint density at radius 3 is 2.29 bits per heavy atom. The molecule has 0 aliphatic carbocycles. The van der Waals surface area contributed by atoms with E-state index in [0.29, 0.717) is 6.54 Å². The number of hydrogen-bond donors (Lipinski definition) is 1. The van der Waals surface area contributed by atoms with Crippen molar-refractivity contribution in [2.24, 2.45) is 5.41 Å². The summed E-state index contributed by atoms with van der Waals surface area (Å²) in [5.41, 5.74) is -0.635. The molecule has 3 heteroatoms. The third-order valence-corrected chi connectivity index (χ3v) is 2.47. The van der Waals surface area contributed by atoms with Crippen LogP contribution in [0.15, 0.2) is 0 Å². The van der Waals surface area contributed by atoms with Gasteiger partial charge in [-0.1, -0.05) is 20.3 Å². The number of carbonyl (C=O) groups is 1. The monoisotopic (exact) mass is 201 g/mol. The molecule has 0 aliphatic rings. The fourth-order valence-corrected chi connectivity index (χ4v) is 1.36. The third-order valence-electron chi connectivity index (χ3n) is 2.47. The van der Waals surface area contributed by atoms with Gasteiger partial charge in [0.25, 0.3) is 0 Å². The van der Waals surface area contributed by atoms with E-state index in [0.717, 1.165) is 25.9 Å². The van der Waals surface area contributed by atoms with Crippen molar-refractivity contribution in [1.29, 1.82) is 0 Å². The van der Waals surface area contributed by atoms with Gasteiger partial charge in [-0.25, -0.2) is 0 Å². The van der Waals surface area contributed by atoms with E-state index in [2.05, 4.69) is 18.7 Å². The molecule has 0 unspecified atom stereocenters. The van der Waals surface area contributed by atoms with Crippen molar-refractivity contribution < 1.29 is 9.90 Å². The largest absolute Gasteiger partial charge is 0.481 e. The summed E-state index contributed by atoms with van der Waals surface area (Å²) in [5.74, 6) is -0.715. The van der Waals surface area contributed by atoms with Gasteiger partial charge in [0, 0.05) is 6.54 Å². The number of carboxylic acids is 1. The van der Waals surface area contributed by atoms with Crippen molar-refractivity contribution in [2.75, 3.05) is 19.6 Å². The maximum atomic E-state index is 10.9. The predicted octanol–water partition coefficient (Wildman–Crippen LogP) is 2.22. The van der Waals surface area contributed by atoms with E-state index in [4.69, 9.17) is 5.11 Å². The molecule has 14 heavy (non-hydrogen) atoms. The first-order chi connectivity index (χ1) is 6.44. The number of nitrogens with zero attached hydrogens (tertiary/aromatic N) is 1. The van der Waals surface area contributed by atoms with Gasteiger partial charge in [0.2, 0.25) is 0 Å². The van der Waals surface area contributed by atoms with Crippen LogP contribution in [0.4, 0.5) is 0 Å². The molecule has 0 saturated carbocycles. The zero-order chi connectivity index (χ0) is 11.2. The molecular formula is C11H23NO2. The van der Waals surface area contributed by atoms with Gasteiger partial charge in [0.15, 0.2) is 0 Å². The summed E-state index contributed by atoms with van der Waals surface area (Å²) in [5, 5.41) is 8.98. The first kappa shape index (κ1) is 13.4. The fraction of sp³-hybridized carbons (Fsp3) is 0.909. The van der Waals surface area contributed by atoms with E-state index < -0.39 is 11.4 Å². The van der Waals surface area contributed by atoms with Gasteiger partial charge in [0.1, 0.15) is 0 Å². The van der Waals surface area contributed by atoms with E-state index in [1.165, 1.54) is 0 Å². The molecule has 0 amide bonds. The van der Waals surface area contributed by atoms with Gasteiger partial charge in [-0.2, -0.15) is 0 Å². The molecule has 0 fully saturated rings. The van der Waals surface area contributed by atoms with Crippen LogP contribution in [0.5, 0.6) is 0 Å². The summed E-state index contributed by atoms with van der Waals surface area (Å²) in [6.45, 7) is 10.4. The lowest BCUT2D eigenvalue weighted by molar-refractivity contribution is -0.147. The van der Waals surface area contributed by atoms with Crippen molar-refractivity contribution in [3.8, 4) is 0 Å². The molecule has 0 heterocycles. The Morgan fingerprint density at radius 1 is 1.36 bits per heavy atom. The van der Waals surface area contributed by atoms with Crippen LogP contribution in [-0.4, -0.2) is 35.6 Å². The Kier molecular flexibility index (Phi) is 5.77. The number of unbranched alkanes of at least 4 members (excludes halogenated alkanes) is 1. The topological polar surface area (TPSA) is 40.5 Å². The average Bonchev–Trinajstić information content (AvgIpc) is 2.11. The molecule has 0 aromatic carbocycles. The normalized spacial score (nSPS) is 12.1. The molecule has 0 aliphatic heterocycles. The van der Waals surface area contributed by atoms with Crippen LogP contribution in [0.25, 0.3) is 0 Å². The van der Waals surface area contributed by atoms with Gasteiger partial charge in [-0.15, -0.1) is 0 Å². The standard InChI is InChI=1S/C11H23NO2/c1-5-7-8-12(6-2)9-11(3,4)10(13)14/h5-9H2,1-4H3,(H,13,14). The van der Waals surface area contributed by atoms with Crippen molar-refractivity contribution in [3.05, 3.63) is 0 Å². The van der Waals surface area contributed by atoms with Gasteiger partial charge in [0.05, 0.1) is 5.41 Å². The maximum Gasteiger partial charge on any atom is 0.310 e. The number of rotatable bonds is 7. The molecule has 0 spiro atoms. The van der Waals surface area contributed by atoms with Crippen molar-refractivity contribution in [3.63, 3.8) is 0 Å². The van der Waals surface area contributed by atoms with Gasteiger partial charge < -0.3 is 10.0 Å². The Balaban J connectivity index is 4.09. The summed E-state index contributed by atoms with van der Waals surface area (Å²) in [6, 6.07) is 0. The summed E-state index contributed by atoms with van der Waals surface area (Å²) in [6.07, 6.45) is 2.30. The molecule has 0 radical (unpaired) electrons. The maximum absolute atomic E-state index is 10.9. The first-order valence-corrected chi connectivity index (χ1v) is 5.39. The van der Waals surface area contributed by atoms with Crippen LogP contribution >= 0.6 is 0 Å². The highest BCUT2D eigenvalue weighted by atomic mass is 16.4. The SMILES string of the molecule is CCCCN(CC)CC(C)(C)C(=O)O. The zero-order valence-corrected chi connectivity index (χ0v) is 9.84. The van der Waals surface area contributed by atoms with Crippen LogP contribution in [-0.2, 0) is 4.79 Å². The fourth-order valence-electron chi connectivity index (χ4n) is 1.36. The molecule has 3 nitrogen and oxygen atoms in total. The van der Waals surface area contributed by atoms with Gasteiger partial charge >= 0.3 is 5.97 Å². The minimum Gasteiger partial charge on any atom is -0.481 e. The van der Waals surface area contributed by atoms with Gasteiger partial charge in [-0.05, 0) is 33.4 Å². The molecule has 0 aromatic heterocycles. The van der Waals surface area contributed by atoms with Crippen LogP contribution in [0, 0.1) is 5.41 Å². The smallest absolute Gasteiger partial charge is 0.310 e. The van der Waals surface area contributed by atoms with E-state index in [-0.39, 0.29) is 0 Å². The van der Waals surface area contributed by atoms with Gasteiger partial charge in [-0.3, -0.25) is 4.79 Å². The van der Waals surface area contributed by atoms with Crippen LogP contribution in [0.2, 0.25) is 0 Å². The molecule has 0 aromatic rings. The molecule has 0 bridgehead atoms. The molecule has 84 valence electrons. The summed E-state index contributed by atoms with van der Waals surface area (Å²) < 4.78 is 0. The molecule has 0 rings (SSSR count). The van der Waals surface area contributed by atoms with Crippen molar-refractivity contribution >= 4 is 5.97 Å². The Labute approximate surface area is 87.1 Å². The lowest BCUT2D eigenvalue weighted by atomic mass is 9.93. The molecule has 0 atom stereocenters. The van der Waals surface area contributed by atoms with E-state index in [1.807, 2.05) is 0 Å². The lowest BCUT2D eigenvalue weighted by Crippen LogP contribution is -2.39. The number of carboxylic acid groups (broad SMARTS) is 1. The zero-order valence-electron chi connectivity index (χ0n) is 9.84. The summed E-state index contributed by atoms with van der Waals surface area (Å²) in [4.78, 5) is 13.1. The highest BCUT2D eigenvalue weighted by Crippen LogP contribution is 2.17. The summed E-state index contributed by atoms with van der Waals surface area (Å²) in [7, 11) is 0. The van der Waals surface area contributed by atoms with Crippen molar-refractivity contribution in [1.82, 2.24) is 4.90 Å². The first-order valence-electron chi connectivity index (χ1n) is 5.39. The Bertz CT molecular complexity index is 178. The minimum atomic E-state index is -0.715. The molecule has 0 saturated heterocycles. The lowest BCUT2D eigenvalue weighted by Gasteiger charge is -2.28. The van der Waals surface area contributed by atoms with E-state index in [1.54, 1.807) is 13.8 Å². The summed E-state index contributed by atoms with van der Waals surface area (Å²) >= 11 is 0. The van der Waals surface area contributed by atoms with Crippen LogP contribution < -0.4 is 0 Å².